The summed E-state index contributed by atoms with van der Waals surface area (Å²) in [6.45, 7) is 5.11. The zero-order valence-electron chi connectivity index (χ0n) is 8.38. The van der Waals surface area contributed by atoms with Crippen LogP contribution in [0, 0.1) is 18.3 Å². The van der Waals surface area contributed by atoms with Crippen molar-refractivity contribution in [1.29, 1.82) is 0 Å². The van der Waals surface area contributed by atoms with Crippen LogP contribution in [-0.4, -0.2) is 25.8 Å². The first-order valence-corrected chi connectivity index (χ1v) is 5.09. The molecular formula is C11H19NO. The maximum Gasteiger partial charge on any atom is 0.0509 e. The average Bonchev–Trinajstić information content (AvgIpc) is 2.65. The number of nitrogens with one attached hydrogen (secondary N) is 1. The summed E-state index contributed by atoms with van der Waals surface area (Å²) in [5.41, 5.74) is 0. The summed E-state index contributed by atoms with van der Waals surface area (Å²) in [6.07, 6.45) is 8.32. The first-order valence-electron chi connectivity index (χ1n) is 5.09. The summed E-state index contributed by atoms with van der Waals surface area (Å²) >= 11 is 0. The van der Waals surface area contributed by atoms with Crippen LogP contribution in [-0.2, 0) is 4.74 Å². The van der Waals surface area contributed by atoms with Gasteiger partial charge < -0.3 is 10.1 Å². The summed E-state index contributed by atoms with van der Waals surface area (Å²) in [6, 6.07) is 0.570. The summed E-state index contributed by atoms with van der Waals surface area (Å²) in [5, 5.41) is 3.48. The highest BCUT2D eigenvalue weighted by atomic mass is 16.5. The fourth-order valence-electron chi connectivity index (χ4n) is 1.63. The number of hydrogen-bond donors (Lipinski definition) is 1. The molecule has 1 aliphatic heterocycles. The number of rotatable bonds is 5. The monoisotopic (exact) mass is 181 g/mol. The molecule has 1 heterocycles. The zero-order valence-corrected chi connectivity index (χ0v) is 8.38. The van der Waals surface area contributed by atoms with Gasteiger partial charge in [-0.05, 0) is 32.2 Å². The molecule has 13 heavy (non-hydrogen) atoms. The van der Waals surface area contributed by atoms with Gasteiger partial charge in [-0.15, -0.1) is 12.3 Å². The molecular weight excluding hydrogens is 162 g/mol. The van der Waals surface area contributed by atoms with E-state index in [-0.39, 0.29) is 0 Å². The normalized spacial score (nSPS) is 24.2. The van der Waals surface area contributed by atoms with E-state index in [1.165, 1.54) is 6.42 Å². The Kier molecular flexibility index (Phi) is 4.88. The van der Waals surface area contributed by atoms with Gasteiger partial charge in [0.2, 0.25) is 0 Å². The predicted molar refractivity (Wildman–Crippen MR) is 54.5 cm³/mol. The lowest BCUT2D eigenvalue weighted by atomic mass is 10.0. The largest absolute Gasteiger partial charge is 0.381 e. The van der Waals surface area contributed by atoms with Gasteiger partial charge in [-0.2, -0.15) is 0 Å². The number of hydrogen-bond acceptors (Lipinski definition) is 2. The van der Waals surface area contributed by atoms with Crippen LogP contribution in [0.1, 0.15) is 26.2 Å². The summed E-state index contributed by atoms with van der Waals surface area (Å²) < 4.78 is 5.33. The summed E-state index contributed by atoms with van der Waals surface area (Å²) in [4.78, 5) is 0. The molecule has 0 saturated carbocycles. The van der Waals surface area contributed by atoms with Gasteiger partial charge in [-0.1, -0.05) is 0 Å². The molecule has 2 nitrogen and oxygen atoms in total. The Morgan fingerprint density at radius 3 is 3.15 bits per heavy atom. The van der Waals surface area contributed by atoms with Crippen LogP contribution in [0.3, 0.4) is 0 Å². The number of unbranched alkanes of at least 4 members (excludes halogenated alkanes) is 1. The molecule has 0 aromatic rings. The van der Waals surface area contributed by atoms with Gasteiger partial charge in [-0.3, -0.25) is 0 Å². The predicted octanol–water partition coefficient (Wildman–Crippen LogP) is 1.41. The van der Waals surface area contributed by atoms with Crippen LogP contribution in [0.25, 0.3) is 0 Å². The van der Waals surface area contributed by atoms with E-state index >= 15 is 0 Å². The second kappa shape index (κ2) is 6.01. The van der Waals surface area contributed by atoms with Gasteiger partial charge in [0, 0.05) is 19.1 Å². The number of ether oxygens (including phenoxy) is 1. The minimum atomic E-state index is 0.570. The highest BCUT2D eigenvalue weighted by molar-refractivity contribution is 4.83. The van der Waals surface area contributed by atoms with Crippen LogP contribution >= 0.6 is 0 Å². The Bertz CT molecular complexity index is 167. The smallest absolute Gasteiger partial charge is 0.0509 e. The van der Waals surface area contributed by atoms with E-state index in [9.17, 15) is 0 Å². The minimum absolute atomic E-state index is 0.570. The molecule has 74 valence electrons. The van der Waals surface area contributed by atoms with Crippen LogP contribution < -0.4 is 5.32 Å². The van der Waals surface area contributed by atoms with E-state index in [1.807, 2.05) is 0 Å². The van der Waals surface area contributed by atoms with Crippen molar-refractivity contribution in [3.63, 3.8) is 0 Å². The Balaban J connectivity index is 2.03. The highest BCUT2D eigenvalue weighted by Gasteiger charge is 2.21. The van der Waals surface area contributed by atoms with Crippen molar-refractivity contribution in [1.82, 2.24) is 5.32 Å². The van der Waals surface area contributed by atoms with E-state index in [1.54, 1.807) is 0 Å². The molecule has 0 aromatic carbocycles. The Hall–Kier alpha value is -0.520. The van der Waals surface area contributed by atoms with Gasteiger partial charge >= 0.3 is 0 Å². The third-order valence-corrected chi connectivity index (χ3v) is 2.64. The van der Waals surface area contributed by atoms with E-state index in [0.717, 1.165) is 32.6 Å². The zero-order chi connectivity index (χ0) is 9.52. The van der Waals surface area contributed by atoms with Crippen molar-refractivity contribution in [2.75, 3.05) is 19.8 Å². The quantitative estimate of drug-likeness (QED) is 0.511. The second-order valence-corrected chi connectivity index (χ2v) is 3.67. The second-order valence-electron chi connectivity index (χ2n) is 3.67. The summed E-state index contributed by atoms with van der Waals surface area (Å²) in [7, 11) is 0. The molecule has 0 spiro atoms. The molecule has 0 aromatic heterocycles. The van der Waals surface area contributed by atoms with Crippen LogP contribution in [0.2, 0.25) is 0 Å². The molecule has 0 bridgehead atoms. The Morgan fingerprint density at radius 1 is 1.69 bits per heavy atom. The molecule has 0 amide bonds. The van der Waals surface area contributed by atoms with Gasteiger partial charge in [0.15, 0.2) is 0 Å². The van der Waals surface area contributed by atoms with E-state index in [0.29, 0.717) is 12.0 Å². The van der Waals surface area contributed by atoms with E-state index in [2.05, 4.69) is 18.2 Å². The van der Waals surface area contributed by atoms with Crippen molar-refractivity contribution >= 4 is 0 Å². The van der Waals surface area contributed by atoms with E-state index in [4.69, 9.17) is 11.2 Å². The molecule has 1 rings (SSSR count). The van der Waals surface area contributed by atoms with Crippen LogP contribution in [0.4, 0.5) is 0 Å². The molecule has 0 aliphatic carbocycles. The molecule has 2 unspecified atom stereocenters. The van der Waals surface area contributed by atoms with Gasteiger partial charge in [-0.25, -0.2) is 0 Å². The molecule has 1 aliphatic rings. The maximum absolute atomic E-state index is 5.33. The SMILES string of the molecule is C#CCCCNC(C)C1CCOC1. The van der Waals surface area contributed by atoms with Crippen LogP contribution in [0.15, 0.2) is 0 Å². The Morgan fingerprint density at radius 2 is 2.54 bits per heavy atom. The van der Waals surface area contributed by atoms with Crippen LogP contribution in [0.5, 0.6) is 0 Å². The molecule has 1 saturated heterocycles. The van der Waals surface area contributed by atoms with Crippen molar-refractivity contribution in [2.45, 2.75) is 32.2 Å². The highest BCUT2D eigenvalue weighted by Crippen LogP contribution is 2.16. The molecule has 0 radical (unpaired) electrons. The van der Waals surface area contributed by atoms with E-state index < -0.39 is 0 Å². The minimum Gasteiger partial charge on any atom is -0.381 e. The third-order valence-electron chi connectivity index (χ3n) is 2.64. The maximum atomic E-state index is 5.33. The Labute approximate surface area is 81.0 Å². The fourth-order valence-corrected chi connectivity index (χ4v) is 1.63. The molecule has 1 fully saturated rings. The molecule has 1 N–H and O–H groups in total. The summed E-state index contributed by atoms with van der Waals surface area (Å²) in [5.74, 6) is 3.35. The topological polar surface area (TPSA) is 21.3 Å². The average molecular weight is 181 g/mol. The lowest BCUT2D eigenvalue weighted by molar-refractivity contribution is 0.178. The fraction of sp³-hybridized carbons (Fsp3) is 0.818. The van der Waals surface area contributed by atoms with Gasteiger partial charge in [0.1, 0.15) is 0 Å². The van der Waals surface area contributed by atoms with Crippen molar-refractivity contribution in [2.24, 2.45) is 5.92 Å². The molecule has 2 atom stereocenters. The van der Waals surface area contributed by atoms with Crippen molar-refractivity contribution < 1.29 is 4.74 Å². The first-order chi connectivity index (χ1) is 6.34. The lowest BCUT2D eigenvalue weighted by Crippen LogP contribution is -2.34. The van der Waals surface area contributed by atoms with Gasteiger partial charge in [0.05, 0.1) is 6.61 Å². The third kappa shape index (κ3) is 3.80. The molecule has 2 heteroatoms. The van der Waals surface area contributed by atoms with Crippen molar-refractivity contribution in [3.8, 4) is 12.3 Å². The standard InChI is InChI=1S/C11H19NO/c1-3-4-5-7-12-10(2)11-6-8-13-9-11/h1,10-12H,4-9H2,2H3. The van der Waals surface area contributed by atoms with Crippen molar-refractivity contribution in [3.05, 3.63) is 0 Å². The number of terminal acetylenes is 1. The lowest BCUT2D eigenvalue weighted by Gasteiger charge is -2.18. The first kappa shape index (κ1) is 10.6. The van der Waals surface area contributed by atoms with Gasteiger partial charge in [0.25, 0.3) is 0 Å².